The number of benzene rings is 1. The van der Waals surface area contributed by atoms with Crippen LogP contribution in [0.15, 0.2) is 45.7 Å². The number of rotatable bonds is 4. The lowest BCUT2D eigenvalue weighted by Crippen LogP contribution is -2.43. The number of anilines is 1. The van der Waals surface area contributed by atoms with Gasteiger partial charge >= 0.3 is 0 Å². The lowest BCUT2D eigenvalue weighted by Gasteiger charge is -2.15. The minimum atomic E-state index is -0.702. The topological polar surface area (TPSA) is 124 Å². The number of hydrogen-bond donors (Lipinski definition) is 3. The maximum absolute atomic E-state index is 12.2. The van der Waals surface area contributed by atoms with Crippen molar-refractivity contribution in [2.75, 3.05) is 11.1 Å². The number of carbonyl (C=O) groups is 3. The van der Waals surface area contributed by atoms with E-state index in [2.05, 4.69) is 20.6 Å². The Kier molecular flexibility index (Phi) is 6.35. The van der Waals surface area contributed by atoms with Gasteiger partial charge in [-0.05, 0) is 42.5 Å². The van der Waals surface area contributed by atoms with Crippen molar-refractivity contribution in [2.45, 2.75) is 13.8 Å². The predicted octanol–water partition coefficient (Wildman–Crippen LogP) is 2.78. The van der Waals surface area contributed by atoms with Gasteiger partial charge in [-0.3, -0.25) is 25.1 Å². The number of thioether (sulfide) groups is 1. The van der Waals surface area contributed by atoms with Crippen molar-refractivity contribution in [3.63, 3.8) is 0 Å². The van der Waals surface area contributed by atoms with E-state index in [-0.39, 0.29) is 22.5 Å². The molecule has 8 nitrogen and oxygen atoms in total. The molecular formula is C19H17N5O3S2. The zero-order valence-electron chi connectivity index (χ0n) is 15.6. The number of hydrogen-bond acceptors (Lipinski definition) is 6. The molecule has 1 aromatic carbocycles. The zero-order chi connectivity index (χ0) is 21.0. The first kappa shape index (κ1) is 20.6. The Labute approximate surface area is 175 Å². The van der Waals surface area contributed by atoms with Gasteiger partial charge in [-0.25, -0.2) is 4.99 Å². The van der Waals surface area contributed by atoms with Crippen LogP contribution in [0.1, 0.15) is 20.8 Å². The molecule has 0 spiro atoms. The van der Waals surface area contributed by atoms with Crippen molar-refractivity contribution in [1.29, 1.82) is 5.41 Å². The van der Waals surface area contributed by atoms with E-state index >= 15 is 0 Å². The highest BCUT2D eigenvalue weighted by atomic mass is 32.2. The summed E-state index contributed by atoms with van der Waals surface area (Å²) in [6, 6.07) is 9.03. The van der Waals surface area contributed by atoms with E-state index < -0.39 is 17.6 Å². The van der Waals surface area contributed by atoms with Gasteiger partial charge in [0.25, 0.3) is 11.8 Å². The SMILES string of the molecule is Cc1ccc(C)c(NC(=O)CSC2=NC(=N)C(=NC(=O)c3cccs3)C(=O)N2)c1. The molecule has 1 aliphatic rings. The molecule has 0 atom stereocenters. The molecule has 1 aliphatic heterocycles. The highest BCUT2D eigenvalue weighted by molar-refractivity contribution is 8.14. The summed E-state index contributed by atoms with van der Waals surface area (Å²) in [5, 5.41) is 15.0. The summed E-state index contributed by atoms with van der Waals surface area (Å²) in [7, 11) is 0. The minimum Gasteiger partial charge on any atom is -0.325 e. The molecule has 0 aliphatic carbocycles. The molecule has 0 fully saturated rings. The van der Waals surface area contributed by atoms with E-state index in [1.807, 2.05) is 32.0 Å². The average Bonchev–Trinajstić information content (AvgIpc) is 3.21. The van der Waals surface area contributed by atoms with Gasteiger partial charge in [0.05, 0.1) is 10.6 Å². The van der Waals surface area contributed by atoms with Crippen molar-refractivity contribution in [1.82, 2.24) is 5.32 Å². The van der Waals surface area contributed by atoms with Gasteiger partial charge in [0, 0.05) is 5.69 Å². The smallest absolute Gasteiger partial charge is 0.287 e. The van der Waals surface area contributed by atoms with Crippen LogP contribution in [0.3, 0.4) is 0 Å². The maximum atomic E-state index is 12.2. The number of amidine groups is 2. The fourth-order valence-corrected chi connectivity index (χ4v) is 3.63. The second-order valence-corrected chi connectivity index (χ2v) is 8.03. The minimum absolute atomic E-state index is 0.000374. The number of amides is 3. The quantitative estimate of drug-likeness (QED) is 0.694. The van der Waals surface area contributed by atoms with Crippen LogP contribution in [-0.2, 0) is 9.59 Å². The van der Waals surface area contributed by atoms with Gasteiger partial charge < -0.3 is 5.32 Å². The van der Waals surface area contributed by atoms with Gasteiger partial charge in [0.2, 0.25) is 5.91 Å². The van der Waals surface area contributed by atoms with E-state index in [0.29, 0.717) is 4.88 Å². The normalized spacial score (nSPS) is 15.1. The number of aryl methyl sites for hydroxylation is 2. The largest absolute Gasteiger partial charge is 0.325 e. The Morgan fingerprint density at radius 3 is 2.79 bits per heavy atom. The van der Waals surface area contributed by atoms with Crippen molar-refractivity contribution < 1.29 is 14.4 Å². The molecule has 0 saturated carbocycles. The standard InChI is InChI=1S/C19H17N5O3S2/c1-10-5-6-11(2)12(8-10)21-14(25)9-29-19-23-16(20)15(18(27)24-19)22-17(26)13-4-3-7-28-13/h3-8H,9H2,1-2H3,(H,21,25)(H2,20,23,24,27). The van der Waals surface area contributed by atoms with Crippen LogP contribution >= 0.6 is 23.1 Å². The van der Waals surface area contributed by atoms with Crippen LogP contribution in [0.4, 0.5) is 5.69 Å². The third-order valence-corrected chi connectivity index (χ3v) is 5.56. The van der Waals surface area contributed by atoms with Gasteiger partial charge in [0.1, 0.15) is 0 Å². The van der Waals surface area contributed by atoms with Crippen molar-refractivity contribution >= 4 is 63.2 Å². The number of thiophene rings is 1. The van der Waals surface area contributed by atoms with Crippen molar-refractivity contribution in [3.05, 3.63) is 51.7 Å². The van der Waals surface area contributed by atoms with Gasteiger partial charge in [-0.1, -0.05) is 30.0 Å². The molecule has 148 valence electrons. The first-order valence-electron chi connectivity index (χ1n) is 8.49. The van der Waals surface area contributed by atoms with E-state index in [1.54, 1.807) is 17.5 Å². The van der Waals surface area contributed by atoms with Crippen LogP contribution in [0.5, 0.6) is 0 Å². The van der Waals surface area contributed by atoms with E-state index in [9.17, 15) is 14.4 Å². The Morgan fingerprint density at radius 1 is 1.31 bits per heavy atom. The number of nitrogens with zero attached hydrogens (tertiary/aromatic N) is 2. The molecule has 0 radical (unpaired) electrons. The second-order valence-electron chi connectivity index (χ2n) is 6.12. The Morgan fingerprint density at radius 2 is 2.10 bits per heavy atom. The highest BCUT2D eigenvalue weighted by Gasteiger charge is 2.26. The molecular weight excluding hydrogens is 410 g/mol. The monoisotopic (exact) mass is 427 g/mol. The number of carbonyl (C=O) groups excluding carboxylic acids is 3. The summed E-state index contributed by atoms with van der Waals surface area (Å²) in [5.41, 5.74) is 2.34. The Bertz CT molecular complexity index is 1060. The maximum Gasteiger partial charge on any atom is 0.287 e. The summed E-state index contributed by atoms with van der Waals surface area (Å²) in [5.74, 6) is -1.99. The molecule has 0 unspecified atom stereocenters. The predicted molar refractivity (Wildman–Crippen MR) is 116 cm³/mol. The van der Waals surface area contributed by atoms with Crippen LogP contribution in [0.2, 0.25) is 0 Å². The summed E-state index contributed by atoms with van der Waals surface area (Å²) in [6.07, 6.45) is 0. The van der Waals surface area contributed by atoms with Crippen LogP contribution in [-0.4, -0.2) is 40.2 Å². The van der Waals surface area contributed by atoms with Gasteiger partial charge in [0.15, 0.2) is 16.7 Å². The number of nitrogens with one attached hydrogen (secondary N) is 3. The summed E-state index contributed by atoms with van der Waals surface area (Å²) in [4.78, 5) is 44.4. The third-order valence-electron chi connectivity index (χ3n) is 3.83. The van der Waals surface area contributed by atoms with E-state index in [1.165, 1.54) is 11.3 Å². The van der Waals surface area contributed by atoms with E-state index in [0.717, 1.165) is 28.6 Å². The molecule has 3 amide bonds. The summed E-state index contributed by atoms with van der Waals surface area (Å²) >= 11 is 2.18. The van der Waals surface area contributed by atoms with Gasteiger partial charge in [-0.2, -0.15) is 4.99 Å². The first-order chi connectivity index (χ1) is 13.8. The Balaban J connectivity index is 1.62. The molecule has 0 saturated heterocycles. The molecule has 2 heterocycles. The molecule has 2 aromatic rings. The lowest BCUT2D eigenvalue weighted by atomic mass is 10.1. The van der Waals surface area contributed by atoms with Crippen molar-refractivity contribution in [3.8, 4) is 0 Å². The lowest BCUT2D eigenvalue weighted by molar-refractivity contribution is -0.114. The molecule has 3 N–H and O–H groups in total. The summed E-state index contributed by atoms with van der Waals surface area (Å²) < 4.78 is 0. The molecule has 29 heavy (non-hydrogen) atoms. The molecule has 10 heteroatoms. The fourth-order valence-electron chi connectivity index (χ4n) is 2.37. The average molecular weight is 428 g/mol. The zero-order valence-corrected chi connectivity index (χ0v) is 17.2. The summed E-state index contributed by atoms with van der Waals surface area (Å²) in [6.45, 7) is 3.83. The van der Waals surface area contributed by atoms with Gasteiger partial charge in [-0.15, -0.1) is 11.3 Å². The first-order valence-corrected chi connectivity index (χ1v) is 10.4. The van der Waals surface area contributed by atoms with E-state index in [4.69, 9.17) is 5.41 Å². The Hall–Kier alpha value is -3.11. The fraction of sp³-hybridized carbons (Fsp3) is 0.158. The second kappa shape index (κ2) is 8.93. The van der Waals surface area contributed by atoms with Crippen LogP contribution in [0.25, 0.3) is 0 Å². The third kappa shape index (κ3) is 5.24. The van der Waals surface area contributed by atoms with Crippen molar-refractivity contribution in [2.24, 2.45) is 9.98 Å². The molecule has 3 rings (SSSR count). The van der Waals surface area contributed by atoms with Crippen LogP contribution < -0.4 is 10.6 Å². The number of aliphatic imine (C=N–C) groups is 2. The molecule has 0 bridgehead atoms. The molecule has 1 aromatic heterocycles. The van der Waals surface area contributed by atoms with Crippen LogP contribution in [0, 0.1) is 19.3 Å². The highest BCUT2D eigenvalue weighted by Crippen LogP contribution is 2.17.